The Hall–Kier alpha value is -2.40. The predicted octanol–water partition coefficient (Wildman–Crippen LogP) is 2.41. The van der Waals surface area contributed by atoms with Crippen LogP contribution in [0.1, 0.15) is 24.0 Å². The topological polar surface area (TPSA) is 68.5 Å². The molecule has 2 aromatic rings. The lowest BCUT2D eigenvalue weighted by atomic mass is 10.1. The third-order valence-corrected chi connectivity index (χ3v) is 3.90. The Labute approximate surface area is 133 Å². The fourth-order valence-corrected chi connectivity index (χ4v) is 2.62. The van der Waals surface area contributed by atoms with Gasteiger partial charge in [0.1, 0.15) is 11.8 Å². The van der Waals surface area contributed by atoms with Crippen molar-refractivity contribution in [3.05, 3.63) is 51.9 Å². The molecule has 0 bridgehead atoms. The van der Waals surface area contributed by atoms with Crippen LogP contribution >= 0.6 is 0 Å². The number of carbonyl (C=O) groups excluding carboxylic acids is 1. The molecule has 5 nitrogen and oxygen atoms in total. The Morgan fingerprint density at radius 1 is 1.43 bits per heavy atom. The van der Waals surface area contributed by atoms with E-state index in [0.29, 0.717) is 23.1 Å². The molecule has 1 fully saturated rings. The summed E-state index contributed by atoms with van der Waals surface area (Å²) < 4.78 is 10.9. The summed E-state index contributed by atoms with van der Waals surface area (Å²) in [6.45, 7) is 3.17. The molecule has 120 valence electrons. The highest BCUT2D eigenvalue weighted by Gasteiger charge is 2.15. The van der Waals surface area contributed by atoms with Crippen molar-refractivity contribution in [2.24, 2.45) is 0 Å². The van der Waals surface area contributed by atoms with Gasteiger partial charge in [-0.3, -0.25) is 9.59 Å². The summed E-state index contributed by atoms with van der Waals surface area (Å²) in [7, 11) is 0. The molecule has 5 heteroatoms. The maximum atomic E-state index is 12.4. The van der Waals surface area contributed by atoms with Crippen molar-refractivity contribution in [3.8, 4) is 0 Å². The van der Waals surface area contributed by atoms with E-state index < -0.39 is 0 Å². The monoisotopic (exact) mass is 313 g/mol. The Bertz CT molecular complexity index is 800. The first kappa shape index (κ1) is 15.5. The van der Waals surface area contributed by atoms with Crippen LogP contribution in [0.15, 0.2) is 39.7 Å². The standard InChI is InChI=1S/C18H19NO4/c1-12-4-6-16-15(9-12)18(21)13(11-23-16)5-7-17(20)19-10-14-3-2-8-22-14/h4-7,9,11,14H,2-3,8,10H2,1H3,(H,19,20)/b7-5+. The second-order valence-corrected chi connectivity index (χ2v) is 5.73. The minimum atomic E-state index is -0.246. The fraction of sp³-hybridized carbons (Fsp3) is 0.333. The van der Waals surface area contributed by atoms with Gasteiger partial charge in [-0.05, 0) is 38.0 Å². The Morgan fingerprint density at radius 2 is 2.30 bits per heavy atom. The van der Waals surface area contributed by atoms with Gasteiger partial charge in [0.25, 0.3) is 0 Å². The number of rotatable bonds is 4. The van der Waals surface area contributed by atoms with Crippen LogP contribution in [-0.2, 0) is 9.53 Å². The van der Waals surface area contributed by atoms with E-state index in [1.165, 1.54) is 18.4 Å². The first-order chi connectivity index (χ1) is 11.1. The molecule has 1 aromatic heterocycles. The molecule has 1 aliphatic rings. The molecule has 0 saturated carbocycles. The zero-order valence-electron chi connectivity index (χ0n) is 13.0. The lowest BCUT2D eigenvalue weighted by Gasteiger charge is -2.08. The maximum Gasteiger partial charge on any atom is 0.244 e. The van der Waals surface area contributed by atoms with E-state index in [1.54, 1.807) is 12.1 Å². The minimum Gasteiger partial charge on any atom is -0.463 e. The van der Waals surface area contributed by atoms with Crippen molar-refractivity contribution in [3.63, 3.8) is 0 Å². The van der Waals surface area contributed by atoms with Crippen LogP contribution in [0.4, 0.5) is 0 Å². The number of benzene rings is 1. The van der Waals surface area contributed by atoms with E-state index >= 15 is 0 Å². The van der Waals surface area contributed by atoms with E-state index in [-0.39, 0.29) is 17.4 Å². The van der Waals surface area contributed by atoms with Crippen LogP contribution in [-0.4, -0.2) is 25.2 Å². The van der Waals surface area contributed by atoms with E-state index in [2.05, 4.69) is 5.32 Å². The predicted molar refractivity (Wildman–Crippen MR) is 88.2 cm³/mol. The summed E-state index contributed by atoms with van der Waals surface area (Å²) in [4.78, 5) is 24.2. The maximum absolute atomic E-state index is 12.4. The molecule has 1 amide bonds. The highest BCUT2D eigenvalue weighted by molar-refractivity contribution is 5.92. The number of aryl methyl sites for hydroxylation is 1. The van der Waals surface area contributed by atoms with Gasteiger partial charge in [-0.2, -0.15) is 0 Å². The highest BCUT2D eigenvalue weighted by atomic mass is 16.5. The zero-order valence-corrected chi connectivity index (χ0v) is 13.0. The summed E-state index contributed by atoms with van der Waals surface area (Å²) in [6, 6.07) is 5.45. The summed E-state index contributed by atoms with van der Waals surface area (Å²) in [6.07, 6.45) is 6.32. The van der Waals surface area contributed by atoms with Gasteiger partial charge in [0.05, 0.1) is 17.1 Å². The van der Waals surface area contributed by atoms with Gasteiger partial charge in [-0.15, -0.1) is 0 Å². The molecular weight excluding hydrogens is 294 g/mol. The van der Waals surface area contributed by atoms with Crippen LogP contribution in [0.25, 0.3) is 17.0 Å². The highest BCUT2D eigenvalue weighted by Crippen LogP contribution is 2.14. The Morgan fingerprint density at radius 3 is 3.09 bits per heavy atom. The summed E-state index contributed by atoms with van der Waals surface area (Å²) in [5, 5.41) is 3.30. The van der Waals surface area contributed by atoms with Crippen molar-refractivity contribution in [2.45, 2.75) is 25.9 Å². The lowest BCUT2D eigenvalue weighted by molar-refractivity contribution is -0.116. The molecular formula is C18H19NO4. The van der Waals surface area contributed by atoms with Gasteiger partial charge in [-0.25, -0.2) is 0 Å². The van der Waals surface area contributed by atoms with E-state index in [9.17, 15) is 9.59 Å². The normalized spacial score (nSPS) is 17.9. The van der Waals surface area contributed by atoms with Gasteiger partial charge in [0, 0.05) is 19.2 Å². The van der Waals surface area contributed by atoms with E-state index in [4.69, 9.17) is 9.15 Å². The number of amides is 1. The van der Waals surface area contributed by atoms with Crippen LogP contribution in [0, 0.1) is 6.92 Å². The van der Waals surface area contributed by atoms with Crippen molar-refractivity contribution in [1.82, 2.24) is 5.32 Å². The molecule has 3 rings (SSSR count). The second-order valence-electron chi connectivity index (χ2n) is 5.73. The smallest absolute Gasteiger partial charge is 0.244 e. The van der Waals surface area contributed by atoms with Gasteiger partial charge in [0.15, 0.2) is 5.43 Å². The van der Waals surface area contributed by atoms with Gasteiger partial charge >= 0.3 is 0 Å². The number of hydrogen-bond acceptors (Lipinski definition) is 4. The van der Waals surface area contributed by atoms with Crippen LogP contribution in [0.3, 0.4) is 0 Å². The molecule has 0 aliphatic carbocycles. The van der Waals surface area contributed by atoms with Crippen LogP contribution in [0.2, 0.25) is 0 Å². The third-order valence-electron chi connectivity index (χ3n) is 3.90. The largest absolute Gasteiger partial charge is 0.463 e. The molecule has 1 aromatic carbocycles. The van der Waals surface area contributed by atoms with Crippen LogP contribution < -0.4 is 10.7 Å². The summed E-state index contributed by atoms with van der Waals surface area (Å²) >= 11 is 0. The third kappa shape index (κ3) is 3.68. The molecule has 0 radical (unpaired) electrons. The van der Waals surface area contributed by atoms with E-state index in [1.807, 2.05) is 13.0 Å². The second kappa shape index (κ2) is 6.79. The number of nitrogens with one attached hydrogen (secondary N) is 1. The average molecular weight is 313 g/mol. The molecule has 1 saturated heterocycles. The van der Waals surface area contributed by atoms with Gasteiger partial charge < -0.3 is 14.5 Å². The first-order valence-electron chi connectivity index (χ1n) is 7.73. The Kier molecular flexibility index (Phi) is 4.57. The number of ether oxygens (including phenoxy) is 1. The lowest BCUT2D eigenvalue weighted by Crippen LogP contribution is -2.30. The van der Waals surface area contributed by atoms with Gasteiger partial charge in [0.2, 0.25) is 5.91 Å². The molecule has 23 heavy (non-hydrogen) atoms. The Balaban J connectivity index is 1.71. The van der Waals surface area contributed by atoms with Crippen LogP contribution in [0.5, 0.6) is 0 Å². The first-order valence-corrected chi connectivity index (χ1v) is 7.73. The minimum absolute atomic E-state index is 0.0982. The van der Waals surface area contributed by atoms with Crippen molar-refractivity contribution >= 4 is 23.0 Å². The SMILES string of the molecule is Cc1ccc2occ(/C=C/C(=O)NCC3CCCO3)c(=O)c2c1. The molecule has 1 N–H and O–H groups in total. The molecule has 0 spiro atoms. The summed E-state index contributed by atoms with van der Waals surface area (Å²) in [5.41, 5.74) is 1.74. The van der Waals surface area contributed by atoms with E-state index in [0.717, 1.165) is 25.0 Å². The van der Waals surface area contributed by atoms with Crippen molar-refractivity contribution in [2.75, 3.05) is 13.2 Å². The van der Waals surface area contributed by atoms with Gasteiger partial charge in [-0.1, -0.05) is 11.6 Å². The fourth-order valence-electron chi connectivity index (χ4n) is 2.62. The molecule has 1 unspecified atom stereocenters. The zero-order chi connectivity index (χ0) is 16.2. The summed E-state index contributed by atoms with van der Waals surface area (Å²) in [5.74, 6) is -0.246. The van der Waals surface area contributed by atoms with Crippen molar-refractivity contribution in [1.29, 1.82) is 0 Å². The molecule has 2 heterocycles. The average Bonchev–Trinajstić information content (AvgIpc) is 3.06. The quantitative estimate of drug-likeness (QED) is 0.880. The van der Waals surface area contributed by atoms with Crippen molar-refractivity contribution < 1.29 is 13.9 Å². The molecule has 1 aliphatic heterocycles. The number of fused-ring (bicyclic) bond motifs is 1. The number of hydrogen-bond donors (Lipinski definition) is 1. The number of carbonyl (C=O) groups is 1. The molecule has 1 atom stereocenters.